The summed E-state index contributed by atoms with van der Waals surface area (Å²) in [6.07, 6.45) is 38.8. The first-order valence-corrected chi connectivity index (χ1v) is 51.7. The Morgan fingerprint density at radius 1 is 0.237 bits per heavy atom. The molecule has 2 aliphatic heterocycles. The fourth-order valence-electron chi connectivity index (χ4n) is 19.1. The lowest BCUT2D eigenvalue weighted by molar-refractivity contribution is -0.0100. The highest BCUT2D eigenvalue weighted by atomic mass is 16.7. The Labute approximate surface area is 810 Å². The third-order valence-electron chi connectivity index (χ3n) is 27.0. The van der Waals surface area contributed by atoms with E-state index < -0.39 is 0 Å². The summed E-state index contributed by atoms with van der Waals surface area (Å²) in [6, 6.07) is 38.8. The van der Waals surface area contributed by atoms with Crippen molar-refractivity contribution in [3.8, 4) is 96.2 Å². The highest BCUT2D eigenvalue weighted by Crippen LogP contribution is 2.50. The Morgan fingerprint density at radius 3 is 0.756 bits per heavy atom. The number of aromatic nitrogens is 8. The van der Waals surface area contributed by atoms with Crippen LogP contribution in [-0.2, 0) is 73.8 Å². The number of nitrogens with one attached hydrogen (secondary N) is 2. The van der Waals surface area contributed by atoms with Gasteiger partial charge in [0.15, 0.2) is 43.7 Å². The fourth-order valence-corrected chi connectivity index (χ4v) is 19.1. The van der Waals surface area contributed by atoms with Crippen LogP contribution in [0.3, 0.4) is 0 Å². The Hall–Kier alpha value is -8.94. The van der Waals surface area contributed by atoms with E-state index in [4.69, 9.17) is 72.5 Å². The molecule has 0 radical (unpaired) electrons. The van der Waals surface area contributed by atoms with Gasteiger partial charge >= 0.3 is 0 Å². The first-order valence-electron chi connectivity index (χ1n) is 51.7. The lowest BCUT2D eigenvalue weighted by Gasteiger charge is -2.30. The second kappa shape index (κ2) is 48.6. The van der Waals surface area contributed by atoms with Crippen molar-refractivity contribution >= 4 is 44.1 Å². The number of hydrogen-bond donors (Lipinski definition) is 2. The molecule has 0 unspecified atom stereocenters. The lowest BCUT2D eigenvalue weighted by atomic mass is 9.77. The molecule has 0 atom stereocenters. The van der Waals surface area contributed by atoms with Crippen molar-refractivity contribution in [3.05, 3.63) is 148 Å². The molecule has 2 N–H and O–H groups in total. The smallest absolute Gasteiger partial charge is 0.189 e. The van der Waals surface area contributed by atoms with Crippen LogP contribution in [-0.4, -0.2) is 121 Å². The third-order valence-corrected chi connectivity index (χ3v) is 27.0. The van der Waals surface area contributed by atoms with Crippen LogP contribution in [0.5, 0.6) is 17.2 Å². The standard InChI is InChI=1S/C118H166N8O9/c1-24-26-28-30-32-34-36-38-40-42-44-46-48-50-52-80-66-94-95(67-81(80)53-51-49-47-45-43-41-39-37-35-33-31-29-27-25-2)112-125-110-92-69-83(86-73-98(115(9,10)11)103(99(74-86)116(12,13)14)134-78-131-64-61-128-22)55-58-89(92)106(121-110)119-105-88-57-54-82(85-71-96(113(3,4)5)102(97(72-85)114(6,7)8)133-77-130-63-60-127-21)68-91(88)108(120-105)124-109-93-70-84(56-59-90(93)107(122-109)123-111(94)126-112)87-75-100(117(15,16)17)104(101(76-87)118(18,19)20)135-79-132-65-62-129-23/h54-59,66-76H,24-53,60-65,77-79H2,1-23H3,(H2,119,120,121,122,123,124,125,126). The molecule has 0 aliphatic carbocycles. The van der Waals surface area contributed by atoms with Crippen LogP contribution in [0.2, 0.25) is 0 Å². The summed E-state index contributed by atoms with van der Waals surface area (Å²) >= 11 is 0. The van der Waals surface area contributed by atoms with Gasteiger partial charge in [-0.05, 0) is 188 Å². The van der Waals surface area contributed by atoms with Crippen molar-refractivity contribution in [2.75, 3.05) is 81.3 Å². The topological polar surface area (TPSA) is 192 Å². The molecular formula is C118H166N8O9. The van der Waals surface area contributed by atoms with E-state index in [-0.39, 0.29) is 52.9 Å². The maximum Gasteiger partial charge on any atom is 0.189 e. The summed E-state index contributed by atoms with van der Waals surface area (Å²) < 4.78 is 54.3. The number of aromatic amines is 2. The number of benzene rings is 7. The molecular weight excluding hydrogens is 1670 g/mol. The number of methoxy groups -OCH3 is 3. The van der Waals surface area contributed by atoms with Gasteiger partial charge in [0.1, 0.15) is 39.8 Å². The van der Waals surface area contributed by atoms with E-state index in [0.717, 1.165) is 153 Å². The summed E-state index contributed by atoms with van der Waals surface area (Å²) in [5, 5.41) is 3.70. The van der Waals surface area contributed by atoms with E-state index >= 15 is 0 Å². The number of hydrogen-bond acceptors (Lipinski definition) is 15. The Balaban J connectivity index is 1.09. The van der Waals surface area contributed by atoms with Crippen LogP contribution in [0.15, 0.2) is 103 Å². The van der Waals surface area contributed by atoms with E-state index in [0.29, 0.717) is 85.5 Å². The lowest BCUT2D eigenvalue weighted by Crippen LogP contribution is -2.21. The molecule has 732 valence electrons. The predicted octanol–water partition coefficient (Wildman–Crippen LogP) is 31.7. The average Bonchev–Trinajstić information content (AvgIpc) is 1.63. The minimum Gasteiger partial charge on any atom is -0.467 e. The molecule has 5 heterocycles. The molecule has 3 aromatic heterocycles. The van der Waals surface area contributed by atoms with Crippen LogP contribution in [0.1, 0.15) is 363 Å². The molecule has 0 amide bonds. The van der Waals surface area contributed by atoms with Crippen molar-refractivity contribution in [1.29, 1.82) is 0 Å². The minimum absolute atomic E-state index is 0.0896. The molecule has 0 spiro atoms. The first kappa shape index (κ1) is 105. The summed E-state index contributed by atoms with van der Waals surface area (Å²) in [5.41, 5.74) is 19.4. The second-order valence-corrected chi connectivity index (χ2v) is 44.4. The van der Waals surface area contributed by atoms with E-state index in [2.05, 4.69) is 252 Å². The number of unbranched alkanes of at least 4 members (excludes halogenated alkanes) is 26. The molecule has 12 rings (SSSR count). The maximum absolute atomic E-state index is 6.74. The molecule has 0 saturated heterocycles. The fraction of sp³-hybridized carbons (Fsp3) is 0.576. The largest absolute Gasteiger partial charge is 0.467 e. The number of rotatable bonds is 51. The molecule has 7 aromatic carbocycles. The SMILES string of the molecule is CCCCCCCCCCCCCCCCc1cc2c3nc4nc(nc5[nH]c(nc6nc(nc([nH]3)c2cc1CCCCCCCCCCCCCCCC)-c1ccc(-c2cc(C(C)(C)C)c(OCOCCOC)c(C(C)(C)C)c2)cc1-6)c1cc(-c2cc(C(C)(C)C)c(OCOCCOC)c(C(C)(C)C)c2)ccc51)-c1ccc(-c2cc(C(C)(C)C)c(OCOCCOC)c(C(C)(C)C)c2)cc1-4. The van der Waals surface area contributed by atoms with Gasteiger partial charge in [0, 0.05) is 98.5 Å². The summed E-state index contributed by atoms with van der Waals surface area (Å²) in [4.78, 5) is 42.6. The Kier molecular flexibility index (Phi) is 37.8. The van der Waals surface area contributed by atoms with Gasteiger partial charge < -0.3 is 52.6 Å². The summed E-state index contributed by atoms with van der Waals surface area (Å²) in [6.45, 7) is 48.1. The zero-order valence-electron chi connectivity index (χ0n) is 87.2. The normalized spacial score (nSPS) is 12.7. The van der Waals surface area contributed by atoms with Crippen molar-refractivity contribution in [2.24, 2.45) is 0 Å². The van der Waals surface area contributed by atoms with E-state index in [1.165, 1.54) is 178 Å². The van der Waals surface area contributed by atoms with Gasteiger partial charge in [0.05, 0.1) is 39.6 Å². The number of nitrogens with zero attached hydrogens (tertiary/aromatic N) is 6. The van der Waals surface area contributed by atoms with Gasteiger partial charge in [-0.25, -0.2) is 29.9 Å². The third kappa shape index (κ3) is 28.2. The molecule has 8 bridgehead atoms. The van der Waals surface area contributed by atoms with Crippen LogP contribution in [0.4, 0.5) is 0 Å². The maximum atomic E-state index is 6.74. The molecule has 10 aromatic rings. The van der Waals surface area contributed by atoms with Gasteiger partial charge in [0.2, 0.25) is 0 Å². The van der Waals surface area contributed by atoms with Crippen LogP contribution < -0.4 is 14.2 Å². The molecule has 17 heteroatoms. The molecule has 17 nitrogen and oxygen atoms in total. The highest BCUT2D eigenvalue weighted by molar-refractivity contribution is 6.08. The second-order valence-electron chi connectivity index (χ2n) is 44.4. The average molecular weight is 1840 g/mol. The zero-order valence-corrected chi connectivity index (χ0v) is 87.2. The quantitative estimate of drug-likeness (QED) is 0.0270. The number of aryl methyl sites for hydroxylation is 2. The first-order chi connectivity index (χ1) is 64.6. The molecule has 0 saturated carbocycles. The Bertz CT molecular complexity index is 5610. The van der Waals surface area contributed by atoms with Crippen molar-refractivity contribution < 1.29 is 42.6 Å². The van der Waals surface area contributed by atoms with E-state index in [1.54, 1.807) is 21.3 Å². The monoisotopic (exact) mass is 1840 g/mol. The van der Waals surface area contributed by atoms with Gasteiger partial charge in [-0.15, -0.1) is 0 Å². The van der Waals surface area contributed by atoms with Crippen molar-refractivity contribution in [3.63, 3.8) is 0 Å². The highest BCUT2D eigenvalue weighted by Gasteiger charge is 2.35. The molecule has 135 heavy (non-hydrogen) atoms. The number of fused-ring (bicyclic) bond motifs is 20. The predicted molar refractivity (Wildman–Crippen MR) is 563 cm³/mol. The van der Waals surface area contributed by atoms with Crippen LogP contribution >= 0.6 is 0 Å². The summed E-state index contributed by atoms with van der Waals surface area (Å²) in [5.74, 6) is 4.62. The number of H-pyrrole nitrogens is 2. The van der Waals surface area contributed by atoms with Gasteiger partial charge in [-0.3, -0.25) is 0 Å². The van der Waals surface area contributed by atoms with E-state index in [9.17, 15) is 0 Å². The van der Waals surface area contributed by atoms with Gasteiger partial charge in [-0.2, -0.15) is 0 Å². The van der Waals surface area contributed by atoms with Crippen LogP contribution in [0.25, 0.3) is 123 Å². The van der Waals surface area contributed by atoms with Gasteiger partial charge in [0.25, 0.3) is 0 Å². The zero-order chi connectivity index (χ0) is 96.7. The minimum atomic E-state index is -0.324. The Morgan fingerprint density at radius 2 is 0.481 bits per heavy atom. The van der Waals surface area contributed by atoms with Gasteiger partial charge in [-0.1, -0.05) is 324 Å². The molecule has 0 fully saturated rings. The van der Waals surface area contributed by atoms with Crippen LogP contribution in [0, 0.1) is 0 Å². The van der Waals surface area contributed by atoms with Crippen molar-refractivity contribution in [1.82, 2.24) is 39.9 Å². The summed E-state index contributed by atoms with van der Waals surface area (Å²) in [7, 11) is 5.06. The number of ether oxygens (including phenoxy) is 9. The van der Waals surface area contributed by atoms with Crippen molar-refractivity contribution in [2.45, 2.75) is 364 Å². The van der Waals surface area contributed by atoms with E-state index in [1.807, 2.05) is 0 Å². The molecule has 2 aliphatic rings.